The van der Waals surface area contributed by atoms with Gasteiger partial charge in [0.15, 0.2) is 17.5 Å². The maximum atomic E-state index is 9.55. The molecule has 10 rings (SSSR count). The number of nitrogens with zero attached hydrogens (tertiary/aromatic N) is 4. The molecule has 0 saturated heterocycles. The fraction of sp³-hybridized carbons (Fsp3) is 0. The molecular weight excluding hydrogens is 697 g/mol. The molecule has 266 valence electrons. The van der Waals surface area contributed by atoms with E-state index >= 15 is 0 Å². The van der Waals surface area contributed by atoms with Crippen LogP contribution in [0.25, 0.3) is 101 Å². The van der Waals surface area contributed by atoms with Gasteiger partial charge in [0, 0.05) is 27.5 Å². The molecule has 0 aliphatic heterocycles. The summed E-state index contributed by atoms with van der Waals surface area (Å²) in [5.41, 5.74) is 13.4. The summed E-state index contributed by atoms with van der Waals surface area (Å²) in [6.45, 7) is 0. The van der Waals surface area contributed by atoms with E-state index in [-0.39, 0.29) is 0 Å². The fourth-order valence-electron chi connectivity index (χ4n) is 7.52. The van der Waals surface area contributed by atoms with Crippen molar-refractivity contribution in [1.82, 2.24) is 15.0 Å². The maximum Gasteiger partial charge on any atom is 0.164 e. The van der Waals surface area contributed by atoms with Crippen molar-refractivity contribution in [2.24, 2.45) is 0 Å². The minimum absolute atomic E-state index is 0.538. The Labute approximate surface area is 329 Å². The zero-order valence-electron chi connectivity index (χ0n) is 30.7. The number of hydrogen-bond donors (Lipinski definition) is 0. The molecule has 5 nitrogen and oxygen atoms in total. The SMILES string of the molecule is N#Cc1cccc(-c2cccc(-c3nc(-c4cccc(-c5ccccc5)c4)nc(-c4ccc5c(c4)oc4cccc(-c6ccc(-c7ccccc7)cc6)c45)n3)c2)c1. The average molecular weight is 729 g/mol. The van der Waals surface area contributed by atoms with Crippen molar-refractivity contribution in [1.29, 1.82) is 5.26 Å². The molecule has 0 radical (unpaired) electrons. The molecule has 0 N–H and O–H groups in total. The summed E-state index contributed by atoms with van der Waals surface area (Å²) in [6.07, 6.45) is 0. The Morgan fingerprint density at radius 3 is 1.44 bits per heavy atom. The minimum Gasteiger partial charge on any atom is -0.456 e. The van der Waals surface area contributed by atoms with E-state index in [2.05, 4.69) is 103 Å². The lowest BCUT2D eigenvalue weighted by Gasteiger charge is -2.11. The lowest BCUT2D eigenvalue weighted by Crippen LogP contribution is -2.00. The molecule has 2 aromatic heterocycles. The second-order valence-corrected chi connectivity index (χ2v) is 14.0. The van der Waals surface area contributed by atoms with Crippen LogP contribution >= 0.6 is 0 Å². The number of nitriles is 1. The van der Waals surface area contributed by atoms with E-state index in [9.17, 15) is 5.26 Å². The van der Waals surface area contributed by atoms with Gasteiger partial charge in [-0.1, -0.05) is 152 Å². The first kappa shape index (κ1) is 33.6. The number of benzene rings is 8. The van der Waals surface area contributed by atoms with Gasteiger partial charge in [0.1, 0.15) is 11.2 Å². The number of aromatic nitrogens is 3. The molecule has 0 unspecified atom stereocenters. The summed E-state index contributed by atoms with van der Waals surface area (Å²) >= 11 is 0. The van der Waals surface area contributed by atoms with Crippen molar-refractivity contribution in [3.63, 3.8) is 0 Å². The van der Waals surface area contributed by atoms with Crippen LogP contribution in [-0.4, -0.2) is 15.0 Å². The van der Waals surface area contributed by atoms with Crippen LogP contribution in [0.3, 0.4) is 0 Å². The first-order valence-corrected chi connectivity index (χ1v) is 18.8. The van der Waals surface area contributed by atoms with Crippen LogP contribution in [0, 0.1) is 11.3 Å². The molecule has 57 heavy (non-hydrogen) atoms. The summed E-state index contributed by atoms with van der Waals surface area (Å²) in [4.78, 5) is 15.3. The molecule has 0 spiro atoms. The second kappa shape index (κ2) is 14.4. The summed E-state index contributed by atoms with van der Waals surface area (Å²) < 4.78 is 6.55. The Bertz CT molecular complexity index is 3130. The summed E-state index contributed by atoms with van der Waals surface area (Å²) in [5.74, 6) is 1.65. The second-order valence-electron chi connectivity index (χ2n) is 14.0. The van der Waals surface area contributed by atoms with Crippen LogP contribution in [-0.2, 0) is 0 Å². The quantitative estimate of drug-likeness (QED) is 0.163. The third-order valence-electron chi connectivity index (χ3n) is 10.4. The number of hydrogen-bond acceptors (Lipinski definition) is 5. The molecule has 0 aliphatic rings. The summed E-state index contributed by atoms with van der Waals surface area (Å²) in [5, 5.41) is 11.6. The standard InChI is InChI=1S/C52H32N4O/c53-33-34-11-7-16-39(29-34)41-18-9-20-43(31-41)51-54-50(42-19-8-17-40(30-42)36-14-5-2-6-15-36)55-52(56-51)44-27-28-46-48(32-44)57-47-22-10-21-45(49(46)47)38-25-23-37(24-26-38)35-12-3-1-4-13-35/h1-32H. The molecule has 0 fully saturated rings. The Morgan fingerprint density at radius 2 is 0.807 bits per heavy atom. The highest BCUT2D eigenvalue weighted by Crippen LogP contribution is 2.39. The van der Waals surface area contributed by atoms with E-state index in [4.69, 9.17) is 19.4 Å². The topological polar surface area (TPSA) is 75.6 Å². The van der Waals surface area contributed by atoms with Gasteiger partial charge in [0.25, 0.3) is 0 Å². The molecule has 5 heteroatoms. The zero-order valence-corrected chi connectivity index (χ0v) is 30.7. The predicted molar refractivity (Wildman–Crippen MR) is 230 cm³/mol. The van der Waals surface area contributed by atoms with Gasteiger partial charge in [-0.05, 0) is 87.0 Å². The van der Waals surface area contributed by atoms with Crippen molar-refractivity contribution in [3.05, 3.63) is 200 Å². The molecule has 0 atom stereocenters. The van der Waals surface area contributed by atoms with Gasteiger partial charge < -0.3 is 4.42 Å². The third-order valence-corrected chi connectivity index (χ3v) is 10.4. The summed E-state index contributed by atoms with van der Waals surface area (Å²) in [6, 6.07) is 68.1. The normalized spacial score (nSPS) is 11.1. The maximum absolute atomic E-state index is 9.55. The minimum atomic E-state index is 0.538. The molecule has 0 saturated carbocycles. The predicted octanol–water partition coefficient (Wildman–Crippen LogP) is 13.3. The van der Waals surface area contributed by atoms with Crippen LogP contribution < -0.4 is 0 Å². The van der Waals surface area contributed by atoms with Gasteiger partial charge in [0.05, 0.1) is 11.6 Å². The van der Waals surface area contributed by atoms with Gasteiger partial charge in [-0.15, -0.1) is 0 Å². The molecule has 0 aliphatic carbocycles. The molecule has 8 aromatic carbocycles. The summed E-state index contributed by atoms with van der Waals surface area (Å²) in [7, 11) is 0. The Kier molecular flexibility index (Phi) is 8.48. The van der Waals surface area contributed by atoms with Crippen molar-refractivity contribution in [2.75, 3.05) is 0 Å². The number of fused-ring (bicyclic) bond motifs is 3. The smallest absolute Gasteiger partial charge is 0.164 e. The van der Waals surface area contributed by atoms with E-state index in [1.165, 1.54) is 11.1 Å². The van der Waals surface area contributed by atoms with E-state index in [1.807, 2.05) is 97.1 Å². The van der Waals surface area contributed by atoms with E-state index < -0.39 is 0 Å². The van der Waals surface area contributed by atoms with Crippen molar-refractivity contribution in [2.45, 2.75) is 0 Å². The molecule has 0 amide bonds. The molecule has 10 aromatic rings. The molecular formula is C52H32N4O. The van der Waals surface area contributed by atoms with Crippen LogP contribution in [0.2, 0.25) is 0 Å². The lowest BCUT2D eigenvalue weighted by atomic mass is 9.96. The zero-order chi connectivity index (χ0) is 38.1. The average Bonchev–Trinajstić information content (AvgIpc) is 3.68. The van der Waals surface area contributed by atoms with Gasteiger partial charge in [-0.3, -0.25) is 0 Å². The Morgan fingerprint density at radius 1 is 0.351 bits per heavy atom. The molecule has 2 heterocycles. The fourth-order valence-corrected chi connectivity index (χ4v) is 7.52. The van der Waals surface area contributed by atoms with Crippen LogP contribution in [0.4, 0.5) is 0 Å². The van der Waals surface area contributed by atoms with E-state index in [0.29, 0.717) is 23.0 Å². The largest absolute Gasteiger partial charge is 0.456 e. The van der Waals surface area contributed by atoms with Crippen molar-refractivity contribution < 1.29 is 4.42 Å². The number of rotatable bonds is 7. The van der Waals surface area contributed by atoms with Gasteiger partial charge in [-0.2, -0.15) is 5.26 Å². The van der Waals surface area contributed by atoms with Gasteiger partial charge in [0.2, 0.25) is 0 Å². The van der Waals surface area contributed by atoms with Crippen LogP contribution in [0.1, 0.15) is 5.56 Å². The Balaban J connectivity index is 1.09. The van der Waals surface area contributed by atoms with Crippen LogP contribution in [0.5, 0.6) is 0 Å². The van der Waals surface area contributed by atoms with Gasteiger partial charge >= 0.3 is 0 Å². The highest BCUT2D eigenvalue weighted by atomic mass is 16.3. The number of furan rings is 1. The van der Waals surface area contributed by atoms with Crippen LogP contribution in [0.15, 0.2) is 199 Å². The first-order chi connectivity index (χ1) is 28.2. The van der Waals surface area contributed by atoms with Crippen molar-refractivity contribution >= 4 is 21.9 Å². The highest BCUT2D eigenvalue weighted by molar-refractivity contribution is 6.13. The van der Waals surface area contributed by atoms with Gasteiger partial charge in [-0.25, -0.2) is 15.0 Å². The monoisotopic (exact) mass is 728 g/mol. The lowest BCUT2D eigenvalue weighted by molar-refractivity contribution is 0.669. The van der Waals surface area contributed by atoms with E-state index in [0.717, 1.165) is 72.0 Å². The highest BCUT2D eigenvalue weighted by Gasteiger charge is 2.17. The first-order valence-electron chi connectivity index (χ1n) is 18.8. The Hall–Kier alpha value is -7.94. The third kappa shape index (κ3) is 6.52. The van der Waals surface area contributed by atoms with Crippen molar-refractivity contribution in [3.8, 4) is 84.7 Å². The van der Waals surface area contributed by atoms with E-state index in [1.54, 1.807) is 0 Å². The molecule has 0 bridgehead atoms.